The molecule has 6 heteroatoms. The predicted octanol–water partition coefficient (Wildman–Crippen LogP) is 4.12. The highest BCUT2D eigenvalue weighted by Crippen LogP contribution is 2.28. The van der Waals surface area contributed by atoms with E-state index in [1.807, 2.05) is 0 Å². The smallest absolute Gasteiger partial charge is 0.153 e. The molecule has 116 valence electrons. The highest BCUT2D eigenvalue weighted by Gasteiger charge is 2.23. The number of nitrogens with zero attached hydrogens (tertiary/aromatic N) is 2. The Balaban J connectivity index is 2.46. The van der Waals surface area contributed by atoms with Crippen LogP contribution in [0.4, 0.5) is 8.78 Å². The summed E-state index contributed by atoms with van der Waals surface area (Å²) in [7, 11) is 1.65. The molecule has 1 aromatic carbocycles. The fraction of sp³-hybridized carbons (Fsp3) is 0.533. The number of alkyl halides is 1. The maximum Gasteiger partial charge on any atom is 0.153 e. The van der Waals surface area contributed by atoms with E-state index in [2.05, 4.69) is 18.8 Å². The molecule has 2 rings (SSSR count). The van der Waals surface area contributed by atoms with Crippen molar-refractivity contribution in [3.8, 4) is 0 Å². The van der Waals surface area contributed by atoms with E-state index >= 15 is 0 Å². The number of benzene rings is 1. The van der Waals surface area contributed by atoms with E-state index in [9.17, 15) is 8.78 Å². The second kappa shape index (κ2) is 6.28. The number of rotatable bonds is 6. The summed E-state index contributed by atoms with van der Waals surface area (Å²) < 4.78 is 34.2. The van der Waals surface area contributed by atoms with Gasteiger partial charge in [-0.25, -0.2) is 13.8 Å². The number of imidazole rings is 1. The van der Waals surface area contributed by atoms with Gasteiger partial charge >= 0.3 is 0 Å². The average Bonchev–Trinajstić information content (AvgIpc) is 2.74. The van der Waals surface area contributed by atoms with Crippen molar-refractivity contribution in [2.45, 2.75) is 32.7 Å². The van der Waals surface area contributed by atoms with Crippen molar-refractivity contribution in [1.82, 2.24) is 9.55 Å². The molecule has 0 aliphatic heterocycles. The highest BCUT2D eigenvalue weighted by atomic mass is 35.5. The predicted molar refractivity (Wildman–Crippen MR) is 79.5 cm³/mol. The van der Waals surface area contributed by atoms with Crippen molar-refractivity contribution < 1.29 is 13.5 Å². The standard InChI is InChI=1S/C15H19ClF2N2O/c1-15(2,4-5-21-3)9-20-12-7-10(17)6-11(18)14(12)19-13(20)8-16/h6-7H,4-5,8-9H2,1-3H3. The lowest BCUT2D eigenvalue weighted by Gasteiger charge is -2.26. The zero-order valence-electron chi connectivity index (χ0n) is 12.4. The number of hydrogen-bond acceptors (Lipinski definition) is 2. The lowest BCUT2D eigenvalue weighted by Crippen LogP contribution is -2.22. The molecule has 0 fully saturated rings. The third kappa shape index (κ3) is 3.52. The van der Waals surface area contributed by atoms with Crippen LogP contribution in [0.25, 0.3) is 11.0 Å². The molecule has 0 bridgehead atoms. The number of fused-ring (bicyclic) bond motifs is 1. The molecule has 0 saturated heterocycles. The first kappa shape index (κ1) is 16.2. The van der Waals surface area contributed by atoms with Crippen LogP contribution in [0.1, 0.15) is 26.1 Å². The van der Waals surface area contributed by atoms with Gasteiger partial charge in [-0.05, 0) is 17.9 Å². The van der Waals surface area contributed by atoms with Crippen molar-refractivity contribution in [2.75, 3.05) is 13.7 Å². The van der Waals surface area contributed by atoms with Crippen molar-refractivity contribution in [1.29, 1.82) is 0 Å². The SMILES string of the molecule is COCCC(C)(C)Cn1c(CCl)nc2c(F)cc(F)cc21. The molecule has 0 spiro atoms. The van der Waals surface area contributed by atoms with E-state index in [1.54, 1.807) is 11.7 Å². The second-order valence-corrected chi connectivity index (χ2v) is 6.18. The van der Waals surface area contributed by atoms with E-state index in [4.69, 9.17) is 16.3 Å². The third-order valence-electron chi connectivity index (χ3n) is 3.54. The van der Waals surface area contributed by atoms with Crippen LogP contribution in [0.15, 0.2) is 12.1 Å². The first-order chi connectivity index (χ1) is 9.88. The monoisotopic (exact) mass is 316 g/mol. The van der Waals surface area contributed by atoms with Gasteiger partial charge in [-0.1, -0.05) is 13.8 Å². The van der Waals surface area contributed by atoms with E-state index in [1.165, 1.54) is 6.07 Å². The van der Waals surface area contributed by atoms with E-state index in [0.29, 0.717) is 24.5 Å². The quantitative estimate of drug-likeness (QED) is 0.750. The number of halogens is 3. The Labute approximate surface area is 127 Å². The Kier molecular flexibility index (Phi) is 4.84. The zero-order chi connectivity index (χ0) is 15.6. The molecule has 0 N–H and O–H groups in total. The summed E-state index contributed by atoms with van der Waals surface area (Å²) in [5.41, 5.74) is 0.496. The first-order valence-electron chi connectivity index (χ1n) is 6.77. The maximum atomic E-state index is 13.8. The zero-order valence-corrected chi connectivity index (χ0v) is 13.2. The average molecular weight is 317 g/mol. The van der Waals surface area contributed by atoms with Crippen molar-refractivity contribution >= 4 is 22.6 Å². The van der Waals surface area contributed by atoms with Gasteiger partial charge < -0.3 is 9.30 Å². The molecule has 21 heavy (non-hydrogen) atoms. The second-order valence-electron chi connectivity index (χ2n) is 5.91. The largest absolute Gasteiger partial charge is 0.385 e. The molecule has 3 nitrogen and oxygen atoms in total. The van der Waals surface area contributed by atoms with Crippen LogP contribution in [-0.2, 0) is 17.2 Å². The lowest BCUT2D eigenvalue weighted by atomic mass is 9.89. The van der Waals surface area contributed by atoms with Gasteiger partial charge in [0.05, 0.1) is 11.4 Å². The summed E-state index contributed by atoms with van der Waals surface area (Å²) in [6.45, 7) is 5.34. The fourth-order valence-corrected chi connectivity index (χ4v) is 2.57. The topological polar surface area (TPSA) is 27.1 Å². The Morgan fingerprint density at radius 2 is 2.05 bits per heavy atom. The van der Waals surface area contributed by atoms with Gasteiger partial charge in [0.15, 0.2) is 5.82 Å². The van der Waals surface area contributed by atoms with Crippen LogP contribution in [0.5, 0.6) is 0 Å². The van der Waals surface area contributed by atoms with Crippen LogP contribution in [0.2, 0.25) is 0 Å². The molecule has 0 aliphatic rings. The molecule has 1 aromatic heterocycles. The van der Waals surface area contributed by atoms with Crippen molar-refractivity contribution in [2.24, 2.45) is 5.41 Å². The van der Waals surface area contributed by atoms with E-state index in [-0.39, 0.29) is 16.8 Å². The Morgan fingerprint density at radius 1 is 1.33 bits per heavy atom. The van der Waals surface area contributed by atoms with Gasteiger partial charge in [0, 0.05) is 26.3 Å². The van der Waals surface area contributed by atoms with E-state index < -0.39 is 11.6 Å². The van der Waals surface area contributed by atoms with Gasteiger partial charge in [-0.3, -0.25) is 0 Å². The molecular weight excluding hydrogens is 298 g/mol. The molecule has 0 saturated carbocycles. The summed E-state index contributed by atoms with van der Waals surface area (Å²) in [5, 5.41) is 0. The Hall–Kier alpha value is -1.20. The van der Waals surface area contributed by atoms with Gasteiger partial charge in [0.25, 0.3) is 0 Å². The summed E-state index contributed by atoms with van der Waals surface area (Å²) in [5.74, 6) is -0.584. The van der Waals surface area contributed by atoms with Gasteiger partial charge in [0.1, 0.15) is 17.2 Å². The minimum atomic E-state index is -0.662. The summed E-state index contributed by atoms with van der Waals surface area (Å²) in [6.07, 6.45) is 0.822. The van der Waals surface area contributed by atoms with Crippen molar-refractivity contribution in [3.63, 3.8) is 0 Å². The molecule has 0 aliphatic carbocycles. The molecule has 0 atom stereocenters. The molecule has 2 aromatic rings. The first-order valence-corrected chi connectivity index (χ1v) is 7.30. The molecule has 0 unspecified atom stereocenters. The number of ether oxygens (including phenoxy) is 1. The van der Waals surface area contributed by atoms with Crippen LogP contribution < -0.4 is 0 Å². The van der Waals surface area contributed by atoms with Crippen LogP contribution in [-0.4, -0.2) is 23.3 Å². The maximum absolute atomic E-state index is 13.8. The summed E-state index contributed by atoms with van der Waals surface area (Å²) >= 11 is 5.90. The molecule has 0 amide bonds. The van der Waals surface area contributed by atoms with Gasteiger partial charge in [-0.15, -0.1) is 11.6 Å². The number of methoxy groups -OCH3 is 1. The van der Waals surface area contributed by atoms with Crippen LogP contribution in [0.3, 0.4) is 0 Å². The third-order valence-corrected chi connectivity index (χ3v) is 3.78. The van der Waals surface area contributed by atoms with Crippen molar-refractivity contribution in [3.05, 3.63) is 29.6 Å². The van der Waals surface area contributed by atoms with E-state index in [0.717, 1.165) is 12.5 Å². The molecular formula is C15H19ClF2N2O. The minimum absolute atomic E-state index is 0.104. The van der Waals surface area contributed by atoms with Crippen LogP contribution >= 0.6 is 11.6 Å². The highest BCUT2D eigenvalue weighted by molar-refractivity contribution is 6.16. The van der Waals surface area contributed by atoms with Gasteiger partial charge in [0.2, 0.25) is 0 Å². The molecule has 0 radical (unpaired) electrons. The normalized spacial score (nSPS) is 12.3. The summed E-state index contributed by atoms with van der Waals surface area (Å²) in [4.78, 5) is 4.19. The fourth-order valence-electron chi connectivity index (χ4n) is 2.36. The Morgan fingerprint density at radius 3 is 2.67 bits per heavy atom. The summed E-state index contributed by atoms with van der Waals surface area (Å²) in [6, 6.07) is 2.14. The number of aromatic nitrogens is 2. The van der Waals surface area contributed by atoms with Gasteiger partial charge in [-0.2, -0.15) is 0 Å². The lowest BCUT2D eigenvalue weighted by molar-refractivity contribution is 0.143. The number of hydrogen-bond donors (Lipinski definition) is 0. The van der Waals surface area contributed by atoms with Crippen LogP contribution in [0, 0.1) is 17.0 Å². The minimum Gasteiger partial charge on any atom is -0.385 e. The molecule has 1 heterocycles. The Bertz CT molecular complexity index is 640.